The number of nitrogens with one attached hydrogen (secondary N) is 3. The standard InChI is InChI=1S/C21H43N5O2/c1-7-10-11-18(15-24-20(27)28-21(4,5)6)25-19(22-8-2)23-14-17-12-13-26(9-3)16-17/h17-18H,7-16H2,1-6H3,(H,24,27)(H2,22,23,25). The first kappa shape index (κ1) is 24.5. The number of alkyl carbamates (subject to hydrolysis) is 1. The topological polar surface area (TPSA) is 78.0 Å². The summed E-state index contributed by atoms with van der Waals surface area (Å²) in [7, 11) is 0. The minimum absolute atomic E-state index is 0.126. The lowest BCUT2D eigenvalue weighted by Gasteiger charge is -2.24. The van der Waals surface area contributed by atoms with Crippen LogP contribution in [0.25, 0.3) is 0 Å². The maximum atomic E-state index is 12.0. The lowest BCUT2D eigenvalue weighted by atomic mass is 10.1. The molecule has 0 saturated carbocycles. The van der Waals surface area contributed by atoms with E-state index in [1.807, 2.05) is 20.8 Å². The molecule has 7 nitrogen and oxygen atoms in total. The van der Waals surface area contributed by atoms with E-state index in [0.717, 1.165) is 51.4 Å². The molecule has 2 atom stereocenters. The Hall–Kier alpha value is -1.50. The van der Waals surface area contributed by atoms with Gasteiger partial charge in [-0.15, -0.1) is 0 Å². The Morgan fingerprint density at radius 3 is 2.57 bits per heavy atom. The highest BCUT2D eigenvalue weighted by molar-refractivity contribution is 5.80. The summed E-state index contributed by atoms with van der Waals surface area (Å²) in [6.45, 7) is 17.7. The first-order chi connectivity index (χ1) is 13.3. The monoisotopic (exact) mass is 397 g/mol. The normalized spacial score (nSPS) is 19.4. The van der Waals surface area contributed by atoms with Gasteiger partial charge in [0.15, 0.2) is 5.96 Å². The number of hydrogen-bond acceptors (Lipinski definition) is 4. The summed E-state index contributed by atoms with van der Waals surface area (Å²) in [5, 5.41) is 9.75. The number of guanidine groups is 1. The van der Waals surface area contributed by atoms with E-state index in [1.165, 1.54) is 13.0 Å². The summed E-state index contributed by atoms with van der Waals surface area (Å²) < 4.78 is 5.35. The predicted molar refractivity (Wildman–Crippen MR) is 117 cm³/mol. The summed E-state index contributed by atoms with van der Waals surface area (Å²) >= 11 is 0. The van der Waals surface area contributed by atoms with Crippen LogP contribution in [0.15, 0.2) is 4.99 Å². The maximum absolute atomic E-state index is 12.0. The molecule has 1 saturated heterocycles. The number of rotatable bonds is 10. The number of carbonyl (C=O) groups excluding carboxylic acids is 1. The minimum atomic E-state index is -0.486. The van der Waals surface area contributed by atoms with Gasteiger partial charge in [0.2, 0.25) is 0 Å². The molecule has 1 heterocycles. The van der Waals surface area contributed by atoms with Crippen molar-refractivity contribution in [2.24, 2.45) is 10.9 Å². The van der Waals surface area contributed by atoms with Crippen molar-refractivity contribution in [1.29, 1.82) is 0 Å². The van der Waals surface area contributed by atoms with Crippen LogP contribution in [0.1, 0.15) is 67.2 Å². The van der Waals surface area contributed by atoms with Crippen molar-refractivity contribution in [3.05, 3.63) is 0 Å². The second-order valence-corrected chi connectivity index (χ2v) is 8.63. The third-order valence-corrected chi connectivity index (χ3v) is 4.81. The third-order valence-electron chi connectivity index (χ3n) is 4.81. The second kappa shape index (κ2) is 12.9. The van der Waals surface area contributed by atoms with Gasteiger partial charge in [-0.3, -0.25) is 4.99 Å². The van der Waals surface area contributed by atoms with Crippen molar-refractivity contribution < 1.29 is 9.53 Å². The Balaban J connectivity index is 2.60. The van der Waals surface area contributed by atoms with Crippen LogP contribution in [0.3, 0.4) is 0 Å². The molecule has 0 spiro atoms. The van der Waals surface area contributed by atoms with Crippen LogP contribution in [0.2, 0.25) is 0 Å². The fraction of sp³-hybridized carbons (Fsp3) is 0.905. The minimum Gasteiger partial charge on any atom is -0.444 e. The molecule has 0 aromatic carbocycles. The van der Waals surface area contributed by atoms with E-state index in [9.17, 15) is 4.79 Å². The highest BCUT2D eigenvalue weighted by Crippen LogP contribution is 2.15. The summed E-state index contributed by atoms with van der Waals surface area (Å²) in [5.41, 5.74) is -0.486. The van der Waals surface area contributed by atoms with Crippen molar-refractivity contribution in [3.63, 3.8) is 0 Å². The zero-order chi connectivity index (χ0) is 21.0. The SMILES string of the molecule is CCCCC(CNC(=O)OC(C)(C)C)NC(=NCC1CCN(CC)C1)NCC. The average molecular weight is 398 g/mol. The van der Waals surface area contributed by atoms with Gasteiger partial charge in [0.05, 0.1) is 0 Å². The van der Waals surface area contributed by atoms with Gasteiger partial charge in [-0.05, 0) is 59.5 Å². The van der Waals surface area contributed by atoms with Gasteiger partial charge in [0, 0.05) is 32.2 Å². The van der Waals surface area contributed by atoms with Crippen LogP contribution in [-0.4, -0.2) is 67.9 Å². The lowest BCUT2D eigenvalue weighted by molar-refractivity contribution is 0.0523. The molecule has 0 radical (unpaired) electrons. The summed E-state index contributed by atoms with van der Waals surface area (Å²) in [4.78, 5) is 19.3. The number of carbonyl (C=O) groups is 1. The number of amides is 1. The Kier molecular flexibility index (Phi) is 11.3. The summed E-state index contributed by atoms with van der Waals surface area (Å²) in [6, 6.07) is 0.126. The number of likely N-dealkylation sites (tertiary alicyclic amines) is 1. The number of aliphatic imine (C=N–C) groups is 1. The molecule has 7 heteroatoms. The highest BCUT2D eigenvalue weighted by atomic mass is 16.6. The maximum Gasteiger partial charge on any atom is 0.407 e. The molecule has 0 aromatic rings. The fourth-order valence-electron chi connectivity index (χ4n) is 3.28. The molecule has 164 valence electrons. The average Bonchev–Trinajstić information content (AvgIpc) is 3.08. The first-order valence-electron chi connectivity index (χ1n) is 11.0. The highest BCUT2D eigenvalue weighted by Gasteiger charge is 2.21. The lowest BCUT2D eigenvalue weighted by Crippen LogP contribution is -2.49. The number of nitrogens with zero attached hydrogens (tertiary/aromatic N) is 2. The third kappa shape index (κ3) is 10.7. The second-order valence-electron chi connectivity index (χ2n) is 8.63. The Morgan fingerprint density at radius 1 is 1.25 bits per heavy atom. The molecule has 2 unspecified atom stereocenters. The number of unbranched alkanes of at least 4 members (excludes halogenated alkanes) is 1. The van der Waals surface area contributed by atoms with Gasteiger partial charge in [-0.1, -0.05) is 26.7 Å². The van der Waals surface area contributed by atoms with Gasteiger partial charge in [0.1, 0.15) is 5.60 Å². The Morgan fingerprint density at radius 2 is 2.00 bits per heavy atom. The van der Waals surface area contributed by atoms with Crippen LogP contribution in [0.4, 0.5) is 4.79 Å². The number of ether oxygens (including phenoxy) is 1. The van der Waals surface area contributed by atoms with Crippen molar-refractivity contribution >= 4 is 12.1 Å². The van der Waals surface area contributed by atoms with Gasteiger partial charge < -0.3 is 25.6 Å². The fourth-order valence-corrected chi connectivity index (χ4v) is 3.28. The van der Waals surface area contributed by atoms with Crippen molar-refractivity contribution in [2.45, 2.75) is 78.9 Å². The molecule has 1 aliphatic heterocycles. The molecule has 0 bridgehead atoms. The van der Waals surface area contributed by atoms with Gasteiger partial charge in [0.25, 0.3) is 0 Å². The van der Waals surface area contributed by atoms with Crippen LogP contribution in [-0.2, 0) is 4.74 Å². The van der Waals surface area contributed by atoms with Crippen LogP contribution >= 0.6 is 0 Å². The molecule has 1 fully saturated rings. The first-order valence-corrected chi connectivity index (χ1v) is 11.0. The molecule has 28 heavy (non-hydrogen) atoms. The smallest absolute Gasteiger partial charge is 0.407 e. The van der Waals surface area contributed by atoms with E-state index in [1.54, 1.807) is 0 Å². The predicted octanol–water partition coefficient (Wildman–Crippen LogP) is 2.97. The van der Waals surface area contributed by atoms with Crippen LogP contribution in [0.5, 0.6) is 0 Å². The molecular formula is C21H43N5O2. The Labute approximate surface area is 172 Å². The van der Waals surface area contributed by atoms with Crippen molar-refractivity contribution in [3.8, 4) is 0 Å². The van der Waals surface area contributed by atoms with E-state index in [2.05, 4.69) is 41.6 Å². The Bertz CT molecular complexity index is 476. The summed E-state index contributed by atoms with van der Waals surface area (Å²) in [6.07, 6.45) is 4.04. The molecule has 1 aliphatic rings. The number of hydrogen-bond donors (Lipinski definition) is 3. The molecule has 1 rings (SSSR count). The molecular weight excluding hydrogens is 354 g/mol. The molecule has 0 aliphatic carbocycles. The zero-order valence-corrected chi connectivity index (χ0v) is 18.9. The van der Waals surface area contributed by atoms with E-state index >= 15 is 0 Å². The van der Waals surface area contributed by atoms with Crippen LogP contribution in [0, 0.1) is 5.92 Å². The van der Waals surface area contributed by atoms with Crippen molar-refractivity contribution in [2.75, 3.05) is 39.3 Å². The zero-order valence-electron chi connectivity index (χ0n) is 18.9. The van der Waals surface area contributed by atoms with E-state index in [-0.39, 0.29) is 12.1 Å². The van der Waals surface area contributed by atoms with Gasteiger partial charge in [-0.2, -0.15) is 0 Å². The van der Waals surface area contributed by atoms with Gasteiger partial charge in [-0.25, -0.2) is 4.79 Å². The molecule has 0 aromatic heterocycles. The van der Waals surface area contributed by atoms with E-state index in [4.69, 9.17) is 9.73 Å². The molecule has 3 N–H and O–H groups in total. The quantitative estimate of drug-likeness (QED) is 0.390. The molecule has 1 amide bonds. The van der Waals surface area contributed by atoms with Crippen LogP contribution < -0.4 is 16.0 Å². The summed E-state index contributed by atoms with van der Waals surface area (Å²) in [5.74, 6) is 1.47. The largest absolute Gasteiger partial charge is 0.444 e. The van der Waals surface area contributed by atoms with Gasteiger partial charge >= 0.3 is 6.09 Å². The van der Waals surface area contributed by atoms with E-state index < -0.39 is 5.60 Å². The van der Waals surface area contributed by atoms with E-state index in [0.29, 0.717) is 12.5 Å². The van der Waals surface area contributed by atoms with Crippen molar-refractivity contribution in [1.82, 2.24) is 20.9 Å².